The summed E-state index contributed by atoms with van der Waals surface area (Å²) in [5, 5.41) is 19.4. The van der Waals surface area contributed by atoms with Gasteiger partial charge in [-0.15, -0.1) is 0 Å². The lowest BCUT2D eigenvalue weighted by molar-refractivity contribution is -0.900. The van der Waals surface area contributed by atoms with Crippen LogP contribution in [0.4, 0.5) is 0 Å². The molecule has 0 spiro atoms. The molecule has 0 saturated heterocycles. The summed E-state index contributed by atoms with van der Waals surface area (Å²) in [6, 6.07) is 0. The number of aliphatic carboxylic acids is 2. The van der Waals surface area contributed by atoms with Gasteiger partial charge >= 0.3 is 0 Å². The Hall–Kier alpha value is -1.14. The Morgan fingerprint density at radius 2 is 0.686 bits per heavy atom. The van der Waals surface area contributed by atoms with Gasteiger partial charge in [0.05, 0.1) is 39.3 Å². The van der Waals surface area contributed by atoms with Crippen LogP contribution in [0.15, 0.2) is 0 Å². The summed E-state index contributed by atoms with van der Waals surface area (Å²) in [5.74, 6) is -1.87. The second-order valence-corrected chi connectivity index (χ2v) is 9.30. The summed E-state index contributed by atoms with van der Waals surface area (Å²) < 4.78 is 0. The maximum atomic E-state index is 9.76. The third-order valence-corrected chi connectivity index (χ3v) is 5.34. The Labute approximate surface area is 219 Å². The number of rotatable bonds is 19. The largest absolute Gasteiger partial charge is 0.550 e. The van der Waals surface area contributed by atoms with E-state index in [0.717, 1.165) is 32.1 Å². The van der Waals surface area contributed by atoms with Crippen LogP contribution in [0, 0.1) is 0 Å². The summed E-state index contributed by atoms with van der Waals surface area (Å²) in [6.07, 6.45) is 12.9. The molecule has 0 atom stereocenters. The minimum atomic E-state index is -0.943. The van der Waals surface area contributed by atoms with Gasteiger partial charge in [-0.1, -0.05) is 74.7 Å². The lowest BCUT2D eigenvalue weighted by Gasteiger charge is -2.16. The zero-order valence-corrected chi connectivity index (χ0v) is 25.1. The Morgan fingerprint density at radius 3 is 0.857 bits per heavy atom. The number of carbonyl (C=O) groups excluding carboxylic acids is 2. The molecule has 0 saturated carbocycles. The molecule has 0 fully saturated rings. The van der Waals surface area contributed by atoms with Crippen LogP contribution >= 0.6 is 0 Å². The molecule has 6 heteroatoms. The second-order valence-electron chi connectivity index (χ2n) is 9.30. The van der Waals surface area contributed by atoms with Crippen molar-refractivity contribution in [3.05, 3.63) is 0 Å². The van der Waals surface area contributed by atoms with Crippen LogP contribution in [0.1, 0.15) is 139 Å². The van der Waals surface area contributed by atoms with E-state index in [4.69, 9.17) is 0 Å². The van der Waals surface area contributed by atoms with E-state index in [0.29, 0.717) is 0 Å². The molecule has 0 aliphatic carbocycles. The number of carboxylic acid groups (broad SMARTS) is 2. The van der Waals surface area contributed by atoms with Crippen LogP contribution in [0.5, 0.6) is 0 Å². The molecule has 214 valence electrons. The van der Waals surface area contributed by atoms with Crippen molar-refractivity contribution in [1.29, 1.82) is 0 Å². The van der Waals surface area contributed by atoms with E-state index in [1.54, 1.807) is 9.80 Å². The average molecular weight is 505 g/mol. The smallest absolute Gasteiger partial charge is 0.0768 e. The van der Waals surface area contributed by atoms with Crippen molar-refractivity contribution < 1.29 is 29.6 Å². The summed E-state index contributed by atoms with van der Waals surface area (Å²) >= 11 is 0. The molecule has 0 heterocycles. The zero-order chi connectivity index (χ0) is 27.7. The summed E-state index contributed by atoms with van der Waals surface area (Å²) in [5.41, 5.74) is 0. The Morgan fingerprint density at radius 1 is 0.429 bits per heavy atom. The minimum Gasteiger partial charge on any atom is -0.550 e. The van der Waals surface area contributed by atoms with Gasteiger partial charge in [-0.25, -0.2) is 0 Å². The highest BCUT2D eigenvalue weighted by Gasteiger charge is 2.02. The number of hydrogen-bond donors (Lipinski definition) is 2. The predicted molar refractivity (Wildman–Crippen MR) is 147 cm³/mol. The van der Waals surface area contributed by atoms with Crippen molar-refractivity contribution in [1.82, 2.24) is 0 Å². The van der Waals surface area contributed by atoms with Gasteiger partial charge in [-0.2, -0.15) is 0 Å². The van der Waals surface area contributed by atoms with Gasteiger partial charge < -0.3 is 29.6 Å². The first kappa shape index (κ1) is 41.0. The fraction of sp³-hybridized carbons (Fsp3) is 0.931. The summed E-state index contributed by atoms with van der Waals surface area (Å²) in [4.78, 5) is 23.0. The van der Waals surface area contributed by atoms with E-state index in [1.165, 1.54) is 77.8 Å². The highest BCUT2D eigenvalue weighted by Crippen LogP contribution is 1.96. The molecule has 0 amide bonds. The highest BCUT2D eigenvalue weighted by molar-refractivity contribution is 5.64. The highest BCUT2D eigenvalue weighted by atomic mass is 16.4. The van der Waals surface area contributed by atoms with Crippen LogP contribution in [0.2, 0.25) is 0 Å². The normalized spacial score (nSPS) is 10.0. The predicted octanol–water partition coefficient (Wildman–Crippen LogP) is 2.45. The van der Waals surface area contributed by atoms with Gasteiger partial charge in [0.2, 0.25) is 0 Å². The fourth-order valence-corrected chi connectivity index (χ4v) is 3.71. The minimum absolute atomic E-state index is 0.205. The molecule has 0 unspecified atom stereocenters. The molecule has 2 N–H and O–H groups in total. The molecule has 0 bridgehead atoms. The van der Waals surface area contributed by atoms with Crippen molar-refractivity contribution in [3.63, 3.8) is 0 Å². The lowest BCUT2D eigenvalue weighted by Crippen LogP contribution is -3.11. The third-order valence-electron chi connectivity index (χ3n) is 5.34. The van der Waals surface area contributed by atoms with Crippen molar-refractivity contribution >= 4 is 11.9 Å². The summed E-state index contributed by atoms with van der Waals surface area (Å²) in [7, 11) is 0. The molecule has 0 radical (unpaired) electrons. The number of nitrogens with one attached hydrogen (secondary N) is 2. The quantitative estimate of drug-likeness (QED) is 0.265. The van der Waals surface area contributed by atoms with Crippen molar-refractivity contribution in [2.75, 3.05) is 39.3 Å². The maximum absolute atomic E-state index is 9.76. The SMILES string of the molecule is CCCCC(=O)[O-].CCCCCC(=O)[O-].CCC[NH+](CCC)CCC.CCC[NH+](CCC)CCC. The molecule has 6 nitrogen and oxygen atoms in total. The van der Waals surface area contributed by atoms with Crippen molar-refractivity contribution in [2.24, 2.45) is 0 Å². The number of carboxylic acids is 2. The summed E-state index contributed by atoms with van der Waals surface area (Å²) in [6.45, 7) is 25.8. The molecule has 0 aromatic heterocycles. The number of quaternary nitrogens is 2. The van der Waals surface area contributed by atoms with E-state index in [2.05, 4.69) is 41.5 Å². The van der Waals surface area contributed by atoms with E-state index in [9.17, 15) is 19.8 Å². The van der Waals surface area contributed by atoms with Crippen LogP contribution in [-0.2, 0) is 9.59 Å². The van der Waals surface area contributed by atoms with Crippen molar-refractivity contribution in [2.45, 2.75) is 139 Å². The Balaban J connectivity index is -0.000000185. The Bertz CT molecular complexity index is 360. The van der Waals surface area contributed by atoms with Gasteiger partial charge in [-0.3, -0.25) is 0 Å². The zero-order valence-electron chi connectivity index (χ0n) is 25.1. The molecular weight excluding hydrogens is 440 g/mol. The molecule has 0 aliphatic rings. The standard InChI is InChI=1S/2C9H21N.C6H12O2.C5H10O2/c2*1-4-7-10(8-5-2)9-6-3;1-2-3-4-5-6(7)8;1-2-3-4-5(6)7/h2*4-9H2,1-3H3;2-5H2,1H3,(H,7,8);2-4H2,1H3,(H,6,7). The second kappa shape index (κ2) is 37.4. The van der Waals surface area contributed by atoms with Crippen molar-refractivity contribution in [3.8, 4) is 0 Å². The topological polar surface area (TPSA) is 89.1 Å². The lowest BCUT2D eigenvalue weighted by atomic mass is 10.2. The van der Waals surface area contributed by atoms with E-state index < -0.39 is 11.9 Å². The molecule has 0 aromatic carbocycles. The van der Waals surface area contributed by atoms with E-state index in [1.807, 2.05) is 13.8 Å². The molecule has 0 aromatic rings. The average Bonchev–Trinajstić information content (AvgIpc) is 2.80. The van der Waals surface area contributed by atoms with Crippen LogP contribution in [-0.4, -0.2) is 51.2 Å². The first-order valence-corrected chi connectivity index (χ1v) is 14.8. The van der Waals surface area contributed by atoms with Gasteiger partial charge in [0.25, 0.3) is 0 Å². The first-order valence-electron chi connectivity index (χ1n) is 14.8. The monoisotopic (exact) mass is 504 g/mol. The van der Waals surface area contributed by atoms with Crippen LogP contribution in [0.3, 0.4) is 0 Å². The third kappa shape index (κ3) is 46.8. The van der Waals surface area contributed by atoms with Crippen LogP contribution < -0.4 is 20.0 Å². The number of unbranched alkanes of at least 4 members (excludes halogenated alkanes) is 3. The molecule has 0 aliphatic heterocycles. The number of hydrogen-bond acceptors (Lipinski definition) is 4. The fourth-order valence-electron chi connectivity index (χ4n) is 3.71. The first-order chi connectivity index (χ1) is 16.7. The van der Waals surface area contributed by atoms with Gasteiger partial charge in [0.1, 0.15) is 0 Å². The molecule has 0 rings (SSSR count). The Kier molecular flexibility index (Phi) is 43.8. The maximum Gasteiger partial charge on any atom is 0.0768 e. The van der Waals surface area contributed by atoms with E-state index >= 15 is 0 Å². The molecular formula is C29H64N2O4. The van der Waals surface area contributed by atoms with E-state index in [-0.39, 0.29) is 12.8 Å². The van der Waals surface area contributed by atoms with Gasteiger partial charge in [-0.05, 0) is 64.2 Å². The van der Waals surface area contributed by atoms with Gasteiger partial charge in [0.15, 0.2) is 0 Å². The van der Waals surface area contributed by atoms with Crippen LogP contribution in [0.25, 0.3) is 0 Å². The molecule has 35 heavy (non-hydrogen) atoms. The number of carbonyl (C=O) groups is 2. The van der Waals surface area contributed by atoms with Gasteiger partial charge in [0, 0.05) is 11.9 Å².